The van der Waals surface area contributed by atoms with Crippen LogP contribution in [0, 0.1) is 0 Å². The lowest BCUT2D eigenvalue weighted by Crippen LogP contribution is -2.53. The topological polar surface area (TPSA) is 124 Å². The van der Waals surface area contributed by atoms with E-state index < -0.39 is 30.2 Å². The fourth-order valence-electron chi connectivity index (χ4n) is 5.54. The number of ether oxygens (including phenoxy) is 2. The summed E-state index contributed by atoms with van der Waals surface area (Å²) in [5.41, 5.74) is 9.29. The summed E-state index contributed by atoms with van der Waals surface area (Å²) < 4.78 is 12.0. The molecule has 9 heteroatoms. The molecular formula is C33H38N4O5. The SMILES string of the molecule is CCCC[C@@H]1NC(=O)OCCCC/C=C/c2ccc3nc(-c4ccccc4)cc(c3c2)O[C@@H]2C[C@@H](C(N)=O)N(C2)C1=O. The first kappa shape index (κ1) is 29.1. The van der Waals surface area contributed by atoms with Crippen molar-refractivity contribution in [3.05, 3.63) is 66.2 Å². The van der Waals surface area contributed by atoms with Crippen molar-refractivity contribution in [3.63, 3.8) is 0 Å². The Hall–Kier alpha value is -4.40. The summed E-state index contributed by atoms with van der Waals surface area (Å²) in [6, 6.07) is 16.2. The Balaban J connectivity index is 1.53. The number of fused-ring (bicyclic) bond motifs is 3. The molecule has 220 valence electrons. The van der Waals surface area contributed by atoms with Crippen LogP contribution in [0.2, 0.25) is 0 Å². The highest BCUT2D eigenvalue weighted by Crippen LogP contribution is 2.34. The number of nitrogens with one attached hydrogen (secondary N) is 1. The number of amides is 3. The first-order chi connectivity index (χ1) is 20.4. The number of rotatable bonds is 5. The van der Waals surface area contributed by atoms with Crippen molar-refractivity contribution in [1.82, 2.24) is 15.2 Å². The van der Waals surface area contributed by atoms with E-state index in [1.54, 1.807) is 0 Å². The number of alkyl carbamates (subject to hydrolysis) is 1. The van der Waals surface area contributed by atoms with E-state index in [0.717, 1.165) is 53.4 Å². The molecule has 0 spiro atoms. The van der Waals surface area contributed by atoms with Crippen LogP contribution in [0.15, 0.2) is 60.7 Å². The van der Waals surface area contributed by atoms with Gasteiger partial charge in [-0.2, -0.15) is 0 Å². The van der Waals surface area contributed by atoms with Gasteiger partial charge in [0.15, 0.2) is 0 Å². The van der Waals surface area contributed by atoms with Gasteiger partial charge in [-0.15, -0.1) is 0 Å². The van der Waals surface area contributed by atoms with Gasteiger partial charge < -0.3 is 25.4 Å². The number of hydrogen-bond donors (Lipinski definition) is 2. The van der Waals surface area contributed by atoms with Gasteiger partial charge in [-0.05, 0) is 43.4 Å². The Bertz CT molecular complexity index is 1460. The molecule has 2 aromatic carbocycles. The van der Waals surface area contributed by atoms with E-state index in [9.17, 15) is 14.4 Å². The average molecular weight is 571 g/mol. The van der Waals surface area contributed by atoms with Gasteiger partial charge >= 0.3 is 6.09 Å². The summed E-state index contributed by atoms with van der Waals surface area (Å²) in [6.07, 6.45) is 7.68. The number of primary amides is 1. The molecule has 0 aliphatic carbocycles. The summed E-state index contributed by atoms with van der Waals surface area (Å²) in [6.45, 7) is 2.43. The highest BCUT2D eigenvalue weighted by molar-refractivity contribution is 5.92. The zero-order chi connectivity index (χ0) is 29.5. The third-order valence-electron chi connectivity index (χ3n) is 7.78. The Morgan fingerprint density at radius 2 is 1.95 bits per heavy atom. The lowest BCUT2D eigenvalue weighted by Gasteiger charge is -2.27. The molecule has 3 N–H and O–H groups in total. The summed E-state index contributed by atoms with van der Waals surface area (Å²) in [7, 11) is 0. The molecular weight excluding hydrogens is 532 g/mol. The quantitative estimate of drug-likeness (QED) is 0.434. The van der Waals surface area contributed by atoms with Crippen molar-refractivity contribution in [2.45, 2.75) is 70.1 Å². The highest BCUT2D eigenvalue weighted by Gasteiger charge is 2.42. The van der Waals surface area contributed by atoms with Gasteiger partial charge in [-0.25, -0.2) is 9.78 Å². The third kappa shape index (κ3) is 6.90. The van der Waals surface area contributed by atoms with Crippen molar-refractivity contribution < 1.29 is 23.9 Å². The fraction of sp³-hybridized carbons (Fsp3) is 0.394. The van der Waals surface area contributed by atoms with Crippen molar-refractivity contribution in [1.29, 1.82) is 0 Å². The molecule has 1 aromatic heterocycles. The van der Waals surface area contributed by atoms with Crippen molar-refractivity contribution in [2.75, 3.05) is 13.2 Å². The van der Waals surface area contributed by atoms with Crippen LogP contribution in [0.3, 0.4) is 0 Å². The predicted molar refractivity (Wildman–Crippen MR) is 162 cm³/mol. The van der Waals surface area contributed by atoms with Gasteiger partial charge in [0.25, 0.3) is 0 Å². The van der Waals surface area contributed by atoms with Gasteiger partial charge in [-0.1, -0.05) is 68.3 Å². The van der Waals surface area contributed by atoms with Crippen molar-refractivity contribution in [2.24, 2.45) is 5.73 Å². The Morgan fingerprint density at radius 1 is 1.12 bits per heavy atom. The number of allylic oxidation sites excluding steroid dienone is 1. The average Bonchev–Trinajstić information content (AvgIpc) is 3.42. The zero-order valence-corrected chi connectivity index (χ0v) is 24.0. The first-order valence-corrected chi connectivity index (χ1v) is 14.8. The lowest BCUT2D eigenvalue weighted by atomic mass is 10.1. The number of carbonyl (C=O) groups excluding carboxylic acids is 3. The van der Waals surface area contributed by atoms with E-state index in [2.05, 4.69) is 17.5 Å². The minimum Gasteiger partial charge on any atom is -0.488 e. The van der Waals surface area contributed by atoms with Crippen LogP contribution in [0.5, 0.6) is 5.75 Å². The summed E-state index contributed by atoms with van der Waals surface area (Å²) >= 11 is 0. The van der Waals surface area contributed by atoms with Gasteiger partial charge in [0.05, 0.1) is 24.4 Å². The maximum atomic E-state index is 13.8. The number of nitrogens with two attached hydrogens (primary N) is 1. The van der Waals surface area contributed by atoms with Gasteiger partial charge in [0.2, 0.25) is 11.8 Å². The summed E-state index contributed by atoms with van der Waals surface area (Å²) in [5, 5.41) is 3.58. The number of nitrogens with zero attached hydrogens (tertiary/aromatic N) is 2. The number of hydrogen-bond acceptors (Lipinski definition) is 6. The van der Waals surface area contributed by atoms with E-state index in [0.29, 0.717) is 18.6 Å². The summed E-state index contributed by atoms with van der Waals surface area (Å²) in [4.78, 5) is 45.2. The molecule has 0 unspecified atom stereocenters. The summed E-state index contributed by atoms with van der Waals surface area (Å²) in [5.74, 6) is -0.339. The second-order valence-electron chi connectivity index (χ2n) is 10.9. The molecule has 2 aliphatic rings. The van der Waals surface area contributed by atoms with Crippen LogP contribution in [0.25, 0.3) is 28.2 Å². The van der Waals surface area contributed by atoms with Crippen LogP contribution in [0.4, 0.5) is 4.79 Å². The molecule has 42 heavy (non-hydrogen) atoms. The number of carbonyl (C=O) groups is 3. The number of pyridine rings is 1. The Kier molecular flexibility index (Phi) is 9.36. The van der Waals surface area contributed by atoms with Crippen LogP contribution in [-0.4, -0.2) is 59.1 Å². The van der Waals surface area contributed by atoms with Crippen LogP contribution in [0.1, 0.15) is 57.4 Å². The lowest BCUT2D eigenvalue weighted by molar-refractivity contribution is -0.139. The third-order valence-corrected chi connectivity index (χ3v) is 7.78. The molecule has 3 heterocycles. The molecule has 9 nitrogen and oxygen atoms in total. The maximum absolute atomic E-state index is 13.8. The Labute approximate surface area is 246 Å². The second-order valence-corrected chi connectivity index (χ2v) is 10.9. The maximum Gasteiger partial charge on any atom is 0.407 e. The number of aromatic nitrogens is 1. The molecule has 3 aromatic rings. The second kappa shape index (κ2) is 13.5. The number of benzene rings is 2. The zero-order valence-electron chi connectivity index (χ0n) is 24.0. The largest absolute Gasteiger partial charge is 0.488 e. The van der Waals surface area contributed by atoms with E-state index in [-0.39, 0.29) is 25.5 Å². The standard InChI is InChI=1S/C33H38N4O5/c1-2-3-14-27-32(39)37-21-24(19-29(37)31(34)38)42-30-20-28(23-12-8-6-9-13-23)35-26-16-15-22(18-25(26)30)11-7-4-5-10-17-41-33(40)36-27/h6-9,11-13,15-16,18,20,24,27,29H,2-5,10,14,17,19,21H2,1H3,(H2,34,38)(H,36,40)/b11-7+/t24-,27+,29+/m1/s1. The Morgan fingerprint density at radius 3 is 2.74 bits per heavy atom. The van der Waals surface area contributed by atoms with E-state index >= 15 is 0 Å². The van der Waals surface area contributed by atoms with Crippen LogP contribution < -0.4 is 15.8 Å². The molecule has 1 saturated heterocycles. The monoisotopic (exact) mass is 570 g/mol. The molecule has 5 rings (SSSR count). The van der Waals surface area contributed by atoms with Crippen molar-refractivity contribution >= 4 is 34.9 Å². The first-order valence-electron chi connectivity index (χ1n) is 14.8. The van der Waals surface area contributed by atoms with E-state index in [1.165, 1.54) is 4.90 Å². The number of unbranched alkanes of at least 4 members (excludes halogenated alkanes) is 1. The van der Waals surface area contributed by atoms with E-state index in [1.807, 2.05) is 61.5 Å². The predicted octanol–water partition coefficient (Wildman–Crippen LogP) is 5.22. The molecule has 1 fully saturated rings. The van der Waals surface area contributed by atoms with Gasteiger partial charge in [0, 0.05) is 23.4 Å². The molecule has 2 aliphatic heterocycles. The van der Waals surface area contributed by atoms with Crippen molar-refractivity contribution in [3.8, 4) is 17.0 Å². The highest BCUT2D eigenvalue weighted by atomic mass is 16.5. The smallest absolute Gasteiger partial charge is 0.407 e. The molecule has 0 saturated carbocycles. The minimum absolute atomic E-state index is 0.163. The molecule has 3 atom stereocenters. The number of cyclic esters (lactones) is 1. The van der Waals surface area contributed by atoms with Crippen LogP contribution >= 0.6 is 0 Å². The van der Waals surface area contributed by atoms with Gasteiger partial charge in [-0.3, -0.25) is 9.59 Å². The molecule has 0 radical (unpaired) electrons. The molecule has 4 bridgehead atoms. The van der Waals surface area contributed by atoms with E-state index in [4.69, 9.17) is 20.2 Å². The molecule has 3 amide bonds. The normalized spacial score (nSPS) is 22.4. The van der Waals surface area contributed by atoms with Gasteiger partial charge in [0.1, 0.15) is 23.9 Å². The van der Waals surface area contributed by atoms with Crippen LogP contribution in [-0.2, 0) is 14.3 Å². The minimum atomic E-state index is -0.852. The fourth-order valence-corrected chi connectivity index (χ4v) is 5.54.